The SMILES string of the molecule is CCOC(=O)c1c(C)oc2ccc(OCc3cccnc3C(C)(F)F)cc12. The van der Waals surface area contributed by atoms with Crippen molar-refractivity contribution >= 4 is 16.9 Å². The van der Waals surface area contributed by atoms with E-state index in [0.717, 1.165) is 6.92 Å². The Kier molecular flexibility index (Phi) is 5.12. The highest BCUT2D eigenvalue weighted by Gasteiger charge is 2.29. The van der Waals surface area contributed by atoms with Crippen molar-refractivity contribution in [3.05, 3.63) is 59.1 Å². The second-order valence-electron chi connectivity index (χ2n) is 6.10. The molecule has 0 bridgehead atoms. The Morgan fingerprint density at radius 1 is 1.30 bits per heavy atom. The van der Waals surface area contributed by atoms with E-state index in [4.69, 9.17) is 13.9 Å². The molecule has 0 radical (unpaired) electrons. The third-order valence-corrected chi connectivity index (χ3v) is 4.02. The summed E-state index contributed by atoms with van der Waals surface area (Å²) in [7, 11) is 0. The Hall–Kier alpha value is -2.96. The van der Waals surface area contributed by atoms with E-state index in [1.165, 1.54) is 6.20 Å². The van der Waals surface area contributed by atoms with Crippen molar-refractivity contribution in [2.24, 2.45) is 0 Å². The minimum atomic E-state index is -3.07. The Morgan fingerprint density at radius 2 is 2.07 bits per heavy atom. The first-order valence-electron chi connectivity index (χ1n) is 8.46. The lowest BCUT2D eigenvalue weighted by atomic mass is 10.1. The van der Waals surface area contributed by atoms with Crippen LogP contribution in [-0.4, -0.2) is 17.6 Å². The summed E-state index contributed by atoms with van der Waals surface area (Å²) in [5.41, 5.74) is 0.820. The maximum Gasteiger partial charge on any atom is 0.342 e. The van der Waals surface area contributed by atoms with E-state index in [2.05, 4.69) is 4.98 Å². The summed E-state index contributed by atoms with van der Waals surface area (Å²) in [6, 6.07) is 8.08. The first kappa shape index (κ1) is 18.8. The van der Waals surface area contributed by atoms with Gasteiger partial charge in [-0.25, -0.2) is 4.79 Å². The summed E-state index contributed by atoms with van der Waals surface area (Å²) in [5, 5.41) is 0.552. The first-order chi connectivity index (χ1) is 12.8. The Bertz CT molecular complexity index is 976. The number of aromatic nitrogens is 1. The minimum absolute atomic E-state index is 0.0797. The number of hydrogen-bond donors (Lipinski definition) is 0. The number of halogens is 2. The molecule has 0 aliphatic rings. The Balaban J connectivity index is 1.89. The normalized spacial score (nSPS) is 11.6. The molecule has 3 aromatic rings. The first-order valence-corrected chi connectivity index (χ1v) is 8.46. The number of benzene rings is 1. The van der Waals surface area contributed by atoms with Gasteiger partial charge in [0.05, 0.1) is 6.61 Å². The number of esters is 1. The highest BCUT2D eigenvalue weighted by atomic mass is 19.3. The van der Waals surface area contributed by atoms with Gasteiger partial charge in [0.2, 0.25) is 0 Å². The van der Waals surface area contributed by atoms with Gasteiger partial charge in [-0.3, -0.25) is 4.98 Å². The number of aryl methyl sites for hydroxylation is 1. The average Bonchev–Trinajstić information content (AvgIpc) is 2.94. The lowest BCUT2D eigenvalue weighted by Gasteiger charge is -2.15. The Labute approximate surface area is 154 Å². The smallest absolute Gasteiger partial charge is 0.342 e. The number of hydrogen-bond acceptors (Lipinski definition) is 5. The number of ether oxygens (including phenoxy) is 2. The van der Waals surface area contributed by atoms with Crippen LogP contribution < -0.4 is 4.74 Å². The number of carbonyl (C=O) groups excluding carboxylic acids is 1. The summed E-state index contributed by atoms with van der Waals surface area (Å²) in [6.07, 6.45) is 1.32. The molecule has 2 heterocycles. The van der Waals surface area contributed by atoms with Gasteiger partial charge in [0.1, 0.15) is 35.0 Å². The molecule has 0 spiro atoms. The van der Waals surface area contributed by atoms with Crippen molar-refractivity contribution < 1.29 is 27.5 Å². The molecular weight excluding hydrogens is 356 g/mol. The van der Waals surface area contributed by atoms with Crippen LogP contribution in [0.2, 0.25) is 0 Å². The molecule has 0 aliphatic heterocycles. The zero-order valence-corrected chi connectivity index (χ0v) is 15.2. The molecule has 0 atom stereocenters. The Morgan fingerprint density at radius 3 is 2.78 bits per heavy atom. The molecule has 0 saturated heterocycles. The molecule has 3 rings (SSSR count). The quantitative estimate of drug-likeness (QED) is 0.567. The van der Waals surface area contributed by atoms with Crippen molar-refractivity contribution in [1.82, 2.24) is 4.98 Å². The van der Waals surface area contributed by atoms with Crippen LogP contribution in [0.1, 0.15) is 41.2 Å². The van der Waals surface area contributed by atoms with Crippen LogP contribution in [0.15, 0.2) is 40.9 Å². The monoisotopic (exact) mass is 375 g/mol. The fraction of sp³-hybridized carbons (Fsp3) is 0.300. The van der Waals surface area contributed by atoms with Crippen LogP contribution in [0.4, 0.5) is 8.78 Å². The number of furan rings is 1. The van der Waals surface area contributed by atoms with Crippen molar-refractivity contribution in [1.29, 1.82) is 0 Å². The van der Waals surface area contributed by atoms with Crippen LogP contribution in [0, 0.1) is 6.92 Å². The van der Waals surface area contributed by atoms with Gasteiger partial charge in [0, 0.05) is 24.1 Å². The summed E-state index contributed by atoms with van der Waals surface area (Å²) < 4.78 is 43.7. The zero-order valence-electron chi connectivity index (χ0n) is 15.2. The highest BCUT2D eigenvalue weighted by molar-refractivity contribution is 6.04. The minimum Gasteiger partial charge on any atom is -0.489 e. The lowest BCUT2D eigenvalue weighted by molar-refractivity contribution is 0.0108. The van der Waals surface area contributed by atoms with Crippen LogP contribution in [0.25, 0.3) is 11.0 Å². The summed E-state index contributed by atoms with van der Waals surface area (Å²) >= 11 is 0. The third-order valence-electron chi connectivity index (χ3n) is 4.02. The summed E-state index contributed by atoms with van der Waals surface area (Å²) in [5.74, 6) is -2.68. The summed E-state index contributed by atoms with van der Waals surface area (Å²) in [6.45, 7) is 4.36. The van der Waals surface area contributed by atoms with Crippen LogP contribution in [-0.2, 0) is 17.3 Å². The number of carbonyl (C=O) groups is 1. The van der Waals surface area contributed by atoms with Gasteiger partial charge in [0.15, 0.2) is 0 Å². The standard InChI is InChI=1S/C20H19F2NO4/c1-4-25-19(24)17-12(2)27-16-8-7-14(10-15(16)17)26-11-13-6-5-9-23-18(13)20(3,21)22/h5-10H,4,11H2,1-3H3. The average molecular weight is 375 g/mol. The molecule has 0 fully saturated rings. The van der Waals surface area contributed by atoms with Gasteiger partial charge in [-0.1, -0.05) is 6.07 Å². The van der Waals surface area contributed by atoms with Gasteiger partial charge in [-0.05, 0) is 38.1 Å². The molecular formula is C20H19F2NO4. The largest absolute Gasteiger partial charge is 0.489 e. The number of pyridine rings is 1. The van der Waals surface area contributed by atoms with E-state index in [1.807, 2.05) is 0 Å². The van der Waals surface area contributed by atoms with Crippen LogP contribution in [0.3, 0.4) is 0 Å². The second-order valence-corrected chi connectivity index (χ2v) is 6.10. The number of fused-ring (bicyclic) bond motifs is 1. The van der Waals surface area contributed by atoms with E-state index >= 15 is 0 Å². The van der Waals surface area contributed by atoms with Gasteiger partial charge in [0.25, 0.3) is 5.92 Å². The molecule has 142 valence electrons. The van der Waals surface area contributed by atoms with E-state index in [9.17, 15) is 13.6 Å². The molecule has 7 heteroatoms. The van der Waals surface area contributed by atoms with Crippen molar-refractivity contribution in [3.63, 3.8) is 0 Å². The molecule has 5 nitrogen and oxygen atoms in total. The van der Waals surface area contributed by atoms with E-state index in [0.29, 0.717) is 33.6 Å². The van der Waals surface area contributed by atoms with Crippen LogP contribution in [0.5, 0.6) is 5.75 Å². The molecule has 27 heavy (non-hydrogen) atoms. The number of rotatable bonds is 6. The molecule has 0 unspecified atom stereocenters. The molecule has 0 amide bonds. The van der Waals surface area contributed by atoms with E-state index < -0.39 is 11.9 Å². The number of nitrogens with zero attached hydrogens (tertiary/aromatic N) is 1. The molecule has 2 aromatic heterocycles. The van der Waals surface area contributed by atoms with Crippen LogP contribution >= 0.6 is 0 Å². The van der Waals surface area contributed by atoms with E-state index in [-0.39, 0.29) is 18.9 Å². The predicted molar refractivity (Wildman–Crippen MR) is 95.0 cm³/mol. The number of alkyl halides is 2. The van der Waals surface area contributed by atoms with Gasteiger partial charge in [-0.2, -0.15) is 8.78 Å². The fourth-order valence-corrected chi connectivity index (χ4v) is 2.86. The van der Waals surface area contributed by atoms with Crippen molar-refractivity contribution in [3.8, 4) is 5.75 Å². The topological polar surface area (TPSA) is 61.6 Å². The highest BCUT2D eigenvalue weighted by Crippen LogP contribution is 2.31. The maximum absolute atomic E-state index is 13.7. The molecule has 1 aromatic carbocycles. The lowest BCUT2D eigenvalue weighted by Crippen LogP contribution is -2.14. The van der Waals surface area contributed by atoms with Gasteiger partial charge < -0.3 is 13.9 Å². The third kappa shape index (κ3) is 3.92. The maximum atomic E-state index is 13.7. The second kappa shape index (κ2) is 7.34. The fourth-order valence-electron chi connectivity index (χ4n) is 2.86. The summed E-state index contributed by atoms with van der Waals surface area (Å²) in [4.78, 5) is 15.9. The molecule has 0 N–H and O–H groups in total. The van der Waals surface area contributed by atoms with E-state index in [1.54, 1.807) is 44.2 Å². The molecule has 0 saturated carbocycles. The predicted octanol–water partition coefficient (Wildman–Crippen LogP) is 5.00. The van der Waals surface area contributed by atoms with Gasteiger partial charge >= 0.3 is 5.97 Å². The van der Waals surface area contributed by atoms with Crippen molar-refractivity contribution in [2.45, 2.75) is 33.3 Å². The molecule has 0 aliphatic carbocycles. The zero-order chi connectivity index (χ0) is 19.6. The van der Waals surface area contributed by atoms with Gasteiger partial charge in [-0.15, -0.1) is 0 Å². The van der Waals surface area contributed by atoms with Crippen molar-refractivity contribution in [2.75, 3.05) is 6.61 Å².